The molecule has 104 valence electrons. The Morgan fingerprint density at radius 3 is 2.60 bits per heavy atom. The van der Waals surface area contributed by atoms with Crippen molar-refractivity contribution in [1.29, 1.82) is 0 Å². The van der Waals surface area contributed by atoms with Crippen LogP contribution >= 0.6 is 0 Å². The van der Waals surface area contributed by atoms with Crippen molar-refractivity contribution in [3.8, 4) is 11.5 Å². The van der Waals surface area contributed by atoms with Crippen molar-refractivity contribution in [1.82, 2.24) is 9.72 Å². The van der Waals surface area contributed by atoms with Crippen molar-refractivity contribution < 1.29 is 17.7 Å². The molecule has 0 amide bonds. The summed E-state index contributed by atoms with van der Waals surface area (Å²) in [6.45, 7) is 0. The molecule has 1 aromatic carbocycles. The minimum absolute atomic E-state index is 0.340. The van der Waals surface area contributed by atoms with Crippen LogP contribution in [-0.2, 0) is 13.2 Å². The van der Waals surface area contributed by atoms with E-state index in [-0.39, 0.29) is 0 Å². The average molecular weight is 281 g/mol. The van der Waals surface area contributed by atoms with Crippen molar-refractivity contribution in [2.45, 2.75) is 6.18 Å². The first-order valence-corrected chi connectivity index (χ1v) is 5.75. The summed E-state index contributed by atoms with van der Waals surface area (Å²) in [5.41, 5.74) is 6.39. The lowest BCUT2D eigenvalue weighted by molar-refractivity contribution is -0.137. The molecule has 3 rings (SSSR count). The largest absolute Gasteiger partial charge is 0.416 e. The molecular formula is C13H10F3N3O. The number of nitrogen functional groups attached to an aromatic ring is 1. The van der Waals surface area contributed by atoms with Crippen LogP contribution in [0.15, 0.2) is 35.0 Å². The smallest absolute Gasteiger partial charge is 0.394 e. The van der Waals surface area contributed by atoms with E-state index in [0.717, 1.165) is 12.1 Å². The van der Waals surface area contributed by atoms with Gasteiger partial charge in [0, 0.05) is 18.0 Å². The Bertz CT molecular complexity index is 786. The predicted octanol–water partition coefficient (Wildman–Crippen LogP) is 3.43. The normalized spacial score (nSPS) is 12.2. The molecule has 2 N–H and O–H groups in total. The molecule has 0 radical (unpaired) electrons. The maximum absolute atomic E-state index is 12.7. The van der Waals surface area contributed by atoms with Crippen LogP contribution in [0.1, 0.15) is 5.56 Å². The van der Waals surface area contributed by atoms with Crippen LogP contribution in [0.25, 0.3) is 22.4 Å². The Morgan fingerprint density at radius 1 is 1.25 bits per heavy atom. The Morgan fingerprint density at radius 2 is 2.00 bits per heavy atom. The zero-order chi connectivity index (χ0) is 14.5. The molecule has 0 aliphatic carbocycles. The summed E-state index contributed by atoms with van der Waals surface area (Å²) in [5, 5.41) is 4.25. The van der Waals surface area contributed by atoms with Gasteiger partial charge in [-0.1, -0.05) is 11.2 Å². The van der Waals surface area contributed by atoms with Gasteiger partial charge in [-0.3, -0.25) is 0 Å². The molecule has 0 saturated carbocycles. The molecule has 0 fully saturated rings. The summed E-state index contributed by atoms with van der Waals surface area (Å²) in [4.78, 5) is 0. The Kier molecular flexibility index (Phi) is 2.53. The van der Waals surface area contributed by atoms with Gasteiger partial charge in [0.15, 0.2) is 0 Å². The predicted molar refractivity (Wildman–Crippen MR) is 67.8 cm³/mol. The molecule has 0 saturated heterocycles. The van der Waals surface area contributed by atoms with Gasteiger partial charge < -0.3 is 14.8 Å². The topological polar surface area (TPSA) is 57.0 Å². The number of nitrogens with zero attached hydrogens (tertiary/aromatic N) is 2. The number of benzene rings is 1. The number of fused-ring (bicyclic) bond motifs is 1. The molecule has 3 aromatic rings. The van der Waals surface area contributed by atoms with E-state index in [9.17, 15) is 13.2 Å². The number of alkyl halides is 3. The number of anilines is 1. The molecule has 7 heteroatoms. The van der Waals surface area contributed by atoms with Gasteiger partial charge in [-0.15, -0.1) is 0 Å². The molecule has 20 heavy (non-hydrogen) atoms. The van der Waals surface area contributed by atoms with E-state index in [1.54, 1.807) is 17.7 Å². The Hall–Kier alpha value is -2.44. The fraction of sp³-hybridized carbons (Fsp3) is 0.154. The molecule has 2 aromatic heterocycles. The maximum Gasteiger partial charge on any atom is 0.416 e. The summed E-state index contributed by atoms with van der Waals surface area (Å²) in [5.74, 6) is 0.345. The van der Waals surface area contributed by atoms with Crippen LogP contribution in [-0.4, -0.2) is 9.72 Å². The highest BCUT2D eigenvalue weighted by molar-refractivity contribution is 5.88. The number of hydrogen-bond acceptors (Lipinski definition) is 3. The van der Waals surface area contributed by atoms with Crippen molar-refractivity contribution in [2.24, 2.45) is 7.05 Å². The van der Waals surface area contributed by atoms with E-state index >= 15 is 0 Å². The van der Waals surface area contributed by atoms with Crippen molar-refractivity contribution in [3.05, 3.63) is 36.0 Å². The van der Waals surface area contributed by atoms with Gasteiger partial charge in [0.05, 0.1) is 17.5 Å². The third kappa shape index (κ3) is 1.82. The molecule has 0 spiro atoms. The minimum atomic E-state index is -4.37. The van der Waals surface area contributed by atoms with Crippen LogP contribution in [0.2, 0.25) is 0 Å². The lowest BCUT2D eigenvalue weighted by Gasteiger charge is -2.07. The van der Waals surface area contributed by atoms with Crippen LogP contribution in [0.3, 0.4) is 0 Å². The number of hydrogen-bond donors (Lipinski definition) is 1. The van der Waals surface area contributed by atoms with E-state index in [0.29, 0.717) is 28.0 Å². The standard InChI is InChI=1S/C13H10F3N3O/c1-19-10-5-8(13(14,15)16)3-2-7(10)4-11(19)12-9(17)6-18-20-12/h2-6H,17H2,1H3. The van der Waals surface area contributed by atoms with Crippen LogP contribution in [0.4, 0.5) is 18.9 Å². The highest BCUT2D eigenvalue weighted by Crippen LogP contribution is 2.35. The number of rotatable bonds is 1. The maximum atomic E-state index is 12.7. The number of aromatic nitrogens is 2. The quantitative estimate of drug-likeness (QED) is 0.743. The second-order valence-electron chi connectivity index (χ2n) is 4.47. The zero-order valence-corrected chi connectivity index (χ0v) is 10.4. The summed E-state index contributed by atoms with van der Waals surface area (Å²) in [7, 11) is 1.65. The van der Waals surface area contributed by atoms with Gasteiger partial charge in [0.2, 0.25) is 5.76 Å². The summed E-state index contributed by atoms with van der Waals surface area (Å²) >= 11 is 0. The molecule has 0 atom stereocenters. The first-order chi connectivity index (χ1) is 9.38. The van der Waals surface area contributed by atoms with E-state index in [1.807, 2.05) is 0 Å². The minimum Gasteiger partial charge on any atom is -0.394 e. The zero-order valence-electron chi connectivity index (χ0n) is 10.4. The van der Waals surface area contributed by atoms with Crippen LogP contribution in [0.5, 0.6) is 0 Å². The molecular weight excluding hydrogens is 271 g/mol. The molecule has 0 unspecified atom stereocenters. The number of halogens is 3. The molecule has 0 bridgehead atoms. The van der Waals surface area contributed by atoms with Crippen molar-refractivity contribution in [2.75, 3.05) is 5.73 Å². The monoisotopic (exact) mass is 281 g/mol. The van der Waals surface area contributed by atoms with Crippen LogP contribution < -0.4 is 5.73 Å². The average Bonchev–Trinajstić information content (AvgIpc) is 2.92. The van der Waals surface area contributed by atoms with Gasteiger partial charge in [0.1, 0.15) is 5.69 Å². The highest BCUT2D eigenvalue weighted by atomic mass is 19.4. The summed E-state index contributed by atoms with van der Waals surface area (Å²) in [6.07, 6.45) is -3.02. The lowest BCUT2D eigenvalue weighted by atomic mass is 10.1. The fourth-order valence-electron chi connectivity index (χ4n) is 2.17. The van der Waals surface area contributed by atoms with Gasteiger partial charge in [-0.2, -0.15) is 13.2 Å². The third-order valence-corrected chi connectivity index (χ3v) is 3.20. The van der Waals surface area contributed by atoms with E-state index in [4.69, 9.17) is 10.3 Å². The van der Waals surface area contributed by atoms with Crippen LogP contribution in [0, 0.1) is 0 Å². The van der Waals surface area contributed by atoms with Gasteiger partial charge in [0.25, 0.3) is 0 Å². The fourth-order valence-corrected chi connectivity index (χ4v) is 2.17. The highest BCUT2D eigenvalue weighted by Gasteiger charge is 2.31. The Labute approximate surface area is 111 Å². The summed E-state index contributed by atoms with van der Waals surface area (Å²) < 4.78 is 44.8. The molecule has 0 aliphatic heterocycles. The van der Waals surface area contributed by atoms with E-state index < -0.39 is 11.7 Å². The second-order valence-corrected chi connectivity index (χ2v) is 4.47. The van der Waals surface area contributed by atoms with E-state index in [1.165, 1.54) is 12.3 Å². The second kappa shape index (κ2) is 4.03. The van der Waals surface area contributed by atoms with Crippen molar-refractivity contribution >= 4 is 16.6 Å². The SMILES string of the molecule is Cn1c(-c2oncc2N)cc2ccc(C(F)(F)F)cc21. The van der Waals surface area contributed by atoms with Crippen molar-refractivity contribution in [3.63, 3.8) is 0 Å². The molecule has 4 nitrogen and oxygen atoms in total. The first-order valence-electron chi connectivity index (χ1n) is 5.75. The van der Waals surface area contributed by atoms with Gasteiger partial charge >= 0.3 is 6.18 Å². The van der Waals surface area contributed by atoms with E-state index in [2.05, 4.69) is 5.16 Å². The summed E-state index contributed by atoms with van der Waals surface area (Å²) in [6, 6.07) is 5.29. The number of aryl methyl sites for hydroxylation is 1. The number of nitrogens with two attached hydrogens (primary N) is 1. The molecule has 2 heterocycles. The first kappa shape index (κ1) is 12.6. The van der Waals surface area contributed by atoms with Gasteiger partial charge in [-0.05, 0) is 18.2 Å². The molecule has 0 aliphatic rings. The third-order valence-electron chi connectivity index (χ3n) is 3.20. The Balaban J connectivity index is 2.23. The van der Waals surface area contributed by atoms with Gasteiger partial charge in [-0.25, -0.2) is 0 Å². The lowest BCUT2D eigenvalue weighted by Crippen LogP contribution is -2.04.